The van der Waals surface area contributed by atoms with E-state index in [1.54, 1.807) is 12.4 Å². The predicted octanol–water partition coefficient (Wildman–Crippen LogP) is 3.01. The van der Waals surface area contributed by atoms with Crippen LogP contribution in [0.25, 0.3) is 11.4 Å². The number of Topliss-reactive ketones (excluding diaryl/α,β-unsaturated/α-hetero) is 1. The summed E-state index contributed by atoms with van der Waals surface area (Å²) < 4.78 is 0. The molecule has 0 spiro atoms. The third-order valence-corrected chi connectivity index (χ3v) is 3.11. The molecule has 1 unspecified atom stereocenters. The van der Waals surface area contributed by atoms with Crippen LogP contribution in [0.1, 0.15) is 36.5 Å². The summed E-state index contributed by atoms with van der Waals surface area (Å²) in [4.78, 5) is 23.7. The average molecular weight is 243 g/mol. The number of aromatic amines is 1. The number of nitrogens with one attached hydrogen (secondary N) is 1. The maximum absolute atomic E-state index is 12.1. The van der Waals surface area contributed by atoms with Crippen LogP contribution in [0.3, 0.4) is 0 Å². The molecule has 18 heavy (non-hydrogen) atoms. The first-order valence-corrected chi connectivity index (χ1v) is 6.14. The minimum Gasteiger partial charge on any atom is -0.341 e. The number of H-pyrrole nitrogens is 1. The molecular weight excluding hydrogens is 226 g/mol. The quantitative estimate of drug-likeness (QED) is 0.840. The Morgan fingerprint density at radius 2 is 2.28 bits per heavy atom. The molecule has 4 nitrogen and oxygen atoms in total. The molecule has 0 aliphatic carbocycles. The SMILES string of the molecule is CCC(C)C(=O)c1nc(-c2cccnc2)[nH]c1C. The number of imidazole rings is 1. The van der Waals surface area contributed by atoms with Crippen LogP contribution < -0.4 is 0 Å². The Labute approximate surface area is 106 Å². The van der Waals surface area contributed by atoms with Crippen molar-refractivity contribution in [1.82, 2.24) is 15.0 Å². The number of carbonyl (C=O) groups excluding carboxylic acids is 1. The van der Waals surface area contributed by atoms with Gasteiger partial charge in [0, 0.05) is 29.6 Å². The van der Waals surface area contributed by atoms with Gasteiger partial charge in [0.25, 0.3) is 0 Å². The number of rotatable bonds is 4. The van der Waals surface area contributed by atoms with Gasteiger partial charge in [0.1, 0.15) is 11.5 Å². The van der Waals surface area contributed by atoms with E-state index in [0.29, 0.717) is 11.5 Å². The van der Waals surface area contributed by atoms with Crippen molar-refractivity contribution < 1.29 is 4.79 Å². The second-order valence-electron chi connectivity index (χ2n) is 4.47. The number of aryl methyl sites for hydroxylation is 1. The monoisotopic (exact) mass is 243 g/mol. The van der Waals surface area contributed by atoms with Gasteiger partial charge in [-0.3, -0.25) is 9.78 Å². The van der Waals surface area contributed by atoms with Crippen molar-refractivity contribution in [1.29, 1.82) is 0 Å². The van der Waals surface area contributed by atoms with E-state index in [9.17, 15) is 4.79 Å². The fraction of sp³-hybridized carbons (Fsp3) is 0.357. The summed E-state index contributed by atoms with van der Waals surface area (Å²) >= 11 is 0. The molecule has 0 aliphatic rings. The molecule has 2 aromatic heterocycles. The van der Waals surface area contributed by atoms with E-state index >= 15 is 0 Å². The first kappa shape index (κ1) is 12.5. The highest BCUT2D eigenvalue weighted by molar-refractivity contribution is 5.97. The van der Waals surface area contributed by atoms with Crippen molar-refractivity contribution in [3.05, 3.63) is 35.9 Å². The lowest BCUT2D eigenvalue weighted by molar-refractivity contribution is 0.0922. The van der Waals surface area contributed by atoms with Gasteiger partial charge in [0.05, 0.1) is 0 Å². The standard InChI is InChI=1S/C14H17N3O/c1-4-9(2)13(18)12-10(3)16-14(17-12)11-6-5-7-15-8-11/h5-9H,4H2,1-3H3,(H,16,17). The highest BCUT2D eigenvalue weighted by atomic mass is 16.1. The van der Waals surface area contributed by atoms with Crippen molar-refractivity contribution in [3.8, 4) is 11.4 Å². The molecule has 0 radical (unpaired) electrons. The third-order valence-electron chi connectivity index (χ3n) is 3.11. The zero-order chi connectivity index (χ0) is 13.1. The van der Waals surface area contributed by atoms with E-state index in [1.165, 1.54) is 0 Å². The van der Waals surface area contributed by atoms with Crippen molar-refractivity contribution in [2.45, 2.75) is 27.2 Å². The van der Waals surface area contributed by atoms with Crippen LogP contribution in [0.2, 0.25) is 0 Å². The first-order chi connectivity index (χ1) is 8.63. The van der Waals surface area contributed by atoms with Crippen LogP contribution in [0.15, 0.2) is 24.5 Å². The molecule has 1 N–H and O–H groups in total. The van der Waals surface area contributed by atoms with E-state index in [2.05, 4.69) is 15.0 Å². The zero-order valence-electron chi connectivity index (χ0n) is 10.9. The Morgan fingerprint density at radius 1 is 1.50 bits per heavy atom. The molecule has 94 valence electrons. The predicted molar refractivity (Wildman–Crippen MR) is 70.3 cm³/mol. The van der Waals surface area contributed by atoms with Gasteiger partial charge in [-0.05, 0) is 25.5 Å². The lowest BCUT2D eigenvalue weighted by Gasteiger charge is -2.04. The fourth-order valence-corrected chi connectivity index (χ4v) is 1.76. The minimum atomic E-state index is 0.00810. The molecular formula is C14H17N3O. The number of pyridine rings is 1. The van der Waals surface area contributed by atoms with E-state index in [4.69, 9.17) is 0 Å². The molecule has 2 heterocycles. The summed E-state index contributed by atoms with van der Waals surface area (Å²) in [5.74, 6) is 0.808. The topological polar surface area (TPSA) is 58.6 Å². The summed E-state index contributed by atoms with van der Waals surface area (Å²) in [6.07, 6.45) is 4.27. The second-order valence-corrected chi connectivity index (χ2v) is 4.47. The van der Waals surface area contributed by atoms with Crippen molar-refractivity contribution in [2.24, 2.45) is 5.92 Å². The molecule has 0 saturated carbocycles. The first-order valence-electron chi connectivity index (χ1n) is 6.14. The van der Waals surface area contributed by atoms with Gasteiger partial charge in [-0.25, -0.2) is 4.98 Å². The van der Waals surface area contributed by atoms with E-state index in [-0.39, 0.29) is 11.7 Å². The van der Waals surface area contributed by atoms with E-state index < -0.39 is 0 Å². The van der Waals surface area contributed by atoms with Gasteiger partial charge in [-0.2, -0.15) is 0 Å². The number of aromatic nitrogens is 3. The number of hydrogen-bond donors (Lipinski definition) is 1. The largest absolute Gasteiger partial charge is 0.341 e. The highest BCUT2D eigenvalue weighted by Crippen LogP contribution is 2.19. The van der Waals surface area contributed by atoms with Gasteiger partial charge in [-0.15, -0.1) is 0 Å². The highest BCUT2D eigenvalue weighted by Gasteiger charge is 2.19. The molecule has 4 heteroatoms. The van der Waals surface area contributed by atoms with Crippen LogP contribution in [0.4, 0.5) is 0 Å². The molecule has 0 amide bonds. The molecule has 0 bridgehead atoms. The zero-order valence-corrected chi connectivity index (χ0v) is 10.9. The van der Waals surface area contributed by atoms with Crippen molar-refractivity contribution in [3.63, 3.8) is 0 Å². The molecule has 0 saturated heterocycles. The van der Waals surface area contributed by atoms with Crippen LogP contribution in [-0.2, 0) is 0 Å². The molecule has 2 rings (SSSR count). The van der Waals surface area contributed by atoms with Crippen molar-refractivity contribution >= 4 is 5.78 Å². The maximum Gasteiger partial charge on any atom is 0.185 e. The third kappa shape index (κ3) is 2.32. The fourth-order valence-electron chi connectivity index (χ4n) is 1.76. The maximum atomic E-state index is 12.1. The van der Waals surface area contributed by atoms with Gasteiger partial charge in [0.15, 0.2) is 5.78 Å². The lowest BCUT2D eigenvalue weighted by Crippen LogP contribution is -2.11. The molecule has 2 aromatic rings. The Hall–Kier alpha value is -1.97. The van der Waals surface area contributed by atoms with E-state index in [0.717, 1.165) is 17.7 Å². The van der Waals surface area contributed by atoms with Crippen LogP contribution in [0, 0.1) is 12.8 Å². The van der Waals surface area contributed by atoms with E-state index in [1.807, 2.05) is 32.9 Å². The number of hydrogen-bond acceptors (Lipinski definition) is 3. The Bertz CT molecular complexity index is 545. The molecule has 0 fully saturated rings. The number of ketones is 1. The van der Waals surface area contributed by atoms with Crippen LogP contribution >= 0.6 is 0 Å². The molecule has 0 aromatic carbocycles. The van der Waals surface area contributed by atoms with Gasteiger partial charge >= 0.3 is 0 Å². The summed E-state index contributed by atoms with van der Waals surface area (Å²) in [6, 6.07) is 3.77. The van der Waals surface area contributed by atoms with Crippen molar-refractivity contribution in [2.75, 3.05) is 0 Å². The van der Waals surface area contributed by atoms with Gasteiger partial charge in [0.2, 0.25) is 0 Å². The normalized spacial score (nSPS) is 12.4. The smallest absolute Gasteiger partial charge is 0.185 e. The number of nitrogens with zero attached hydrogens (tertiary/aromatic N) is 2. The lowest BCUT2D eigenvalue weighted by atomic mass is 10.0. The van der Waals surface area contributed by atoms with Crippen LogP contribution in [-0.4, -0.2) is 20.7 Å². The summed E-state index contributed by atoms with van der Waals surface area (Å²) in [7, 11) is 0. The average Bonchev–Trinajstić information content (AvgIpc) is 2.80. The van der Waals surface area contributed by atoms with Crippen LogP contribution in [0.5, 0.6) is 0 Å². The Kier molecular flexibility index (Phi) is 3.55. The Morgan fingerprint density at radius 3 is 2.89 bits per heavy atom. The van der Waals surface area contributed by atoms with Gasteiger partial charge < -0.3 is 4.98 Å². The second kappa shape index (κ2) is 5.12. The number of carbonyl (C=O) groups is 1. The summed E-state index contributed by atoms with van der Waals surface area (Å²) in [5.41, 5.74) is 2.26. The Balaban J connectivity index is 2.36. The summed E-state index contributed by atoms with van der Waals surface area (Å²) in [5, 5.41) is 0. The molecule has 1 atom stereocenters. The molecule has 0 aliphatic heterocycles. The van der Waals surface area contributed by atoms with Gasteiger partial charge in [-0.1, -0.05) is 13.8 Å². The summed E-state index contributed by atoms with van der Waals surface area (Å²) in [6.45, 7) is 5.81. The minimum absolute atomic E-state index is 0.00810.